The van der Waals surface area contributed by atoms with Crippen LogP contribution in [0.1, 0.15) is 44.2 Å². The zero-order chi connectivity index (χ0) is 20.3. The summed E-state index contributed by atoms with van der Waals surface area (Å²) < 4.78 is 5.45. The Morgan fingerprint density at radius 3 is 2.04 bits per heavy atom. The highest BCUT2D eigenvalue weighted by Crippen LogP contribution is 2.44. The summed E-state index contributed by atoms with van der Waals surface area (Å²) in [6.07, 6.45) is -0.317. The number of carboxylic acid groups (broad SMARTS) is 1. The van der Waals surface area contributed by atoms with E-state index in [1.807, 2.05) is 57.2 Å². The minimum atomic E-state index is -1.04. The number of nitrogens with one attached hydrogen (secondary N) is 1. The first-order chi connectivity index (χ1) is 13.4. The minimum absolute atomic E-state index is 0.0454. The number of carboxylic acids is 1. The zero-order valence-electron chi connectivity index (χ0n) is 16.5. The Morgan fingerprint density at radius 1 is 1.00 bits per heavy atom. The Hall–Kier alpha value is -2.82. The summed E-state index contributed by atoms with van der Waals surface area (Å²) in [6, 6.07) is 15.2. The molecule has 1 aliphatic rings. The molecule has 2 atom stereocenters. The molecule has 0 heterocycles. The Kier molecular flexibility index (Phi) is 6.02. The topological polar surface area (TPSA) is 75.6 Å². The number of carbonyl (C=O) groups is 2. The van der Waals surface area contributed by atoms with Gasteiger partial charge in [-0.1, -0.05) is 69.3 Å². The molecule has 3 rings (SSSR count). The van der Waals surface area contributed by atoms with Crippen molar-refractivity contribution in [3.63, 3.8) is 0 Å². The van der Waals surface area contributed by atoms with Crippen molar-refractivity contribution in [2.45, 2.75) is 39.2 Å². The zero-order valence-corrected chi connectivity index (χ0v) is 16.5. The van der Waals surface area contributed by atoms with Crippen LogP contribution in [0.4, 0.5) is 4.79 Å². The first kappa shape index (κ1) is 19.9. The van der Waals surface area contributed by atoms with Gasteiger partial charge in [0, 0.05) is 5.92 Å². The molecule has 0 saturated carbocycles. The fourth-order valence-corrected chi connectivity index (χ4v) is 3.65. The van der Waals surface area contributed by atoms with E-state index in [-0.39, 0.29) is 18.4 Å². The van der Waals surface area contributed by atoms with Gasteiger partial charge in [0.1, 0.15) is 12.6 Å². The lowest BCUT2D eigenvalue weighted by molar-refractivity contribution is -0.139. The molecule has 0 fully saturated rings. The molecule has 2 N–H and O–H groups in total. The lowest BCUT2D eigenvalue weighted by Gasteiger charge is -2.21. The highest BCUT2D eigenvalue weighted by molar-refractivity contribution is 5.81. The molecule has 0 aliphatic heterocycles. The number of rotatable bonds is 7. The second-order valence-corrected chi connectivity index (χ2v) is 7.82. The van der Waals surface area contributed by atoms with Gasteiger partial charge in [0.25, 0.3) is 0 Å². The molecular weight excluding hydrogens is 354 g/mol. The van der Waals surface area contributed by atoms with Gasteiger partial charge in [-0.05, 0) is 40.5 Å². The van der Waals surface area contributed by atoms with E-state index >= 15 is 0 Å². The number of aliphatic carboxylic acids is 1. The van der Waals surface area contributed by atoms with E-state index in [1.54, 1.807) is 0 Å². The van der Waals surface area contributed by atoms with E-state index in [0.717, 1.165) is 22.3 Å². The van der Waals surface area contributed by atoms with E-state index in [9.17, 15) is 14.7 Å². The standard InChI is InChI=1S/C23H27NO4/c1-14(2)15(3)12-21(22(25)26)24-23(27)28-13-20-18-10-6-4-8-16(18)17-9-5-7-11-19(17)20/h4-11,14-15,20-21H,12-13H2,1-3H3,(H,24,27)(H,25,26)/t15-,21+/m1/s1. The molecule has 5 nitrogen and oxygen atoms in total. The fraction of sp³-hybridized carbons (Fsp3) is 0.391. The second-order valence-electron chi connectivity index (χ2n) is 7.82. The van der Waals surface area contributed by atoms with Gasteiger partial charge in [0.05, 0.1) is 0 Å². The van der Waals surface area contributed by atoms with Crippen LogP contribution in [0.5, 0.6) is 0 Å². The van der Waals surface area contributed by atoms with Gasteiger partial charge in [-0.25, -0.2) is 9.59 Å². The molecule has 1 aliphatic carbocycles. The van der Waals surface area contributed by atoms with Crippen molar-refractivity contribution in [3.8, 4) is 11.1 Å². The van der Waals surface area contributed by atoms with E-state index in [2.05, 4.69) is 17.4 Å². The number of benzene rings is 2. The lowest BCUT2D eigenvalue weighted by atomic mass is 9.91. The van der Waals surface area contributed by atoms with E-state index < -0.39 is 18.1 Å². The van der Waals surface area contributed by atoms with E-state index in [1.165, 1.54) is 0 Å². The SMILES string of the molecule is CC(C)[C@H](C)C[C@H](NC(=O)OCC1c2ccccc2-c2ccccc21)C(=O)O. The molecule has 2 aromatic rings. The maximum absolute atomic E-state index is 12.3. The molecule has 0 bridgehead atoms. The molecule has 1 amide bonds. The van der Waals surface area contributed by atoms with Crippen molar-refractivity contribution < 1.29 is 19.4 Å². The van der Waals surface area contributed by atoms with Crippen LogP contribution < -0.4 is 5.32 Å². The van der Waals surface area contributed by atoms with Gasteiger partial charge < -0.3 is 15.2 Å². The van der Waals surface area contributed by atoms with Crippen molar-refractivity contribution in [1.82, 2.24) is 5.32 Å². The van der Waals surface area contributed by atoms with Crippen LogP contribution >= 0.6 is 0 Å². The van der Waals surface area contributed by atoms with Crippen LogP contribution in [-0.4, -0.2) is 29.8 Å². The largest absolute Gasteiger partial charge is 0.480 e. The normalized spacial score (nSPS) is 14.9. The Morgan fingerprint density at radius 2 is 1.54 bits per heavy atom. The highest BCUT2D eigenvalue weighted by atomic mass is 16.5. The molecule has 28 heavy (non-hydrogen) atoms. The van der Waals surface area contributed by atoms with Crippen molar-refractivity contribution in [3.05, 3.63) is 59.7 Å². The van der Waals surface area contributed by atoms with Crippen molar-refractivity contribution in [1.29, 1.82) is 0 Å². The minimum Gasteiger partial charge on any atom is -0.480 e. The number of ether oxygens (including phenoxy) is 1. The predicted octanol–water partition coefficient (Wildman–Crippen LogP) is 4.66. The van der Waals surface area contributed by atoms with Crippen LogP contribution in [0.15, 0.2) is 48.5 Å². The van der Waals surface area contributed by atoms with Crippen LogP contribution in [0.2, 0.25) is 0 Å². The summed E-state index contributed by atoms with van der Waals surface area (Å²) in [5.74, 6) is -0.571. The fourth-order valence-electron chi connectivity index (χ4n) is 3.65. The summed E-state index contributed by atoms with van der Waals surface area (Å²) >= 11 is 0. The lowest BCUT2D eigenvalue weighted by Crippen LogP contribution is -2.42. The van der Waals surface area contributed by atoms with Crippen LogP contribution in [0.3, 0.4) is 0 Å². The summed E-state index contributed by atoms with van der Waals surface area (Å²) in [4.78, 5) is 23.8. The second kappa shape index (κ2) is 8.46. The molecule has 0 spiro atoms. The summed E-state index contributed by atoms with van der Waals surface area (Å²) in [6.45, 7) is 6.24. The molecule has 148 valence electrons. The first-order valence-electron chi connectivity index (χ1n) is 9.72. The van der Waals surface area contributed by atoms with E-state index in [0.29, 0.717) is 12.3 Å². The summed E-state index contributed by atoms with van der Waals surface area (Å²) in [5.41, 5.74) is 4.56. The third-order valence-corrected chi connectivity index (χ3v) is 5.68. The Labute approximate surface area is 165 Å². The van der Waals surface area contributed by atoms with Gasteiger partial charge in [-0.3, -0.25) is 0 Å². The Bertz CT molecular complexity index is 816. The summed E-state index contributed by atoms with van der Waals surface area (Å²) in [5, 5.41) is 11.9. The van der Waals surface area contributed by atoms with Gasteiger partial charge >= 0.3 is 12.1 Å². The molecular formula is C23H27NO4. The van der Waals surface area contributed by atoms with Crippen molar-refractivity contribution in [2.24, 2.45) is 11.8 Å². The first-order valence-corrected chi connectivity index (χ1v) is 9.72. The molecule has 0 unspecified atom stereocenters. The van der Waals surface area contributed by atoms with Gasteiger partial charge in [-0.15, -0.1) is 0 Å². The predicted molar refractivity (Wildman–Crippen MR) is 108 cm³/mol. The molecule has 2 aromatic carbocycles. The molecule has 0 radical (unpaired) electrons. The van der Waals surface area contributed by atoms with Crippen molar-refractivity contribution in [2.75, 3.05) is 6.61 Å². The van der Waals surface area contributed by atoms with Gasteiger partial charge in [-0.2, -0.15) is 0 Å². The number of hydrogen-bond donors (Lipinski definition) is 2. The molecule has 0 saturated heterocycles. The van der Waals surface area contributed by atoms with Crippen LogP contribution in [0.25, 0.3) is 11.1 Å². The number of amides is 1. The third kappa shape index (κ3) is 4.19. The third-order valence-electron chi connectivity index (χ3n) is 5.68. The maximum Gasteiger partial charge on any atom is 0.407 e. The van der Waals surface area contributed by atoms with Gasteiger partial charge in [0.15, 0.2) is 0 Å². The van der Waals surface area contributed by atoms with Crippen LogP contribution in [-0.2, 0) is 9.53 Å². The average molecular weight is 381 g/mol. The number of fused-ring (bicyclic) bond motifs is 3. The number of alkyl carbamates (subject to hydrolysis) is 1. The quantitative estimate of drug-likeness (QED) is 0.731. The molecule has 5 heteroatoms. The number of hydrogen-bond acceptors (Lipinski definition) is 3. The van der Waals surface area contributed by atoms with Gasteiger partial charge in [0.2, 0.25) is 0 Å². The summed E-state index contributed by atoms with van der Waals surface area (Å²) in [7, 11) is 0. The van der Waals surface area contributed by atoms with Crippen molar-refractivity contribution >= 4 is 12.1 Å². The molecule has 0 aromatic heterocycles. The average Bonchev–Trinajstić information content (AvgIpc) is 2.99. The van der Waals surface area contributed by atoms with Crippen LogP contribution in [0, 0.1) is 11.8 Å². The van der Waals surface area contributed by atoms with E-state index in [4.69, 9.17) is 4.74 Å². The smallest absolute Gasteiger partial charge is 0.407 e. The monoisotopic (exact) mass is 381 g/mol. The highest BCUT2D eigenvalue weighted by Gasteiger charge is 2.30. The maximum atomic E-state index is 12.3. The number of carbonyl (C=O) groups excluding carboxylic acids is 1. The Balaban J connectivity index is 1.67.